The Bertz CT molecular complexity index is 78.6. The quantitative estimate of drug-likeness (QED) is 0.504. The highest BCUT2D eigenvalue weighted by Crippen LogP contribution is 2.23. The Labute approximate surface area is 55.8 Å². The third kappa shape index (κ3) is 3.06. The average molecular weight is 134 g/mol. The molecular formula is C5H10S2. The summed E-state index contributed by atoms with van der Waals surface area (Å²) in [4.78, 5) is 0.802. The Morgan fingerprint density at radius 1 is 1.57 bits per heavy atom. The van der Waals surface area contributed by atoms with Crippen molar-refractivity contribution in [3.05, 3.63) is 11.5 Å². The van der Waals surface area contributed by atoms with Crippen LogP contribution in [0.3, 0.4) is 0 Å². The molecule has 0 aliphatic carbocycles. The molecule has 7 heavy (non-hydrogen) atoms. The molecule has 0 fully saturated rings. The van der Waals surface area contributed by atoms with Crippen LogP contribution < -0.4 is 0 Å². The lowest BCUT2D eigenvalue weighted by Crippen LogP contribution is -2.08. The van der Waals surface area contributed by atoms with E-state index in [4.69, 9.17) is 0 Å². The molecule has 0 bridgehead atoms. The van der Waals surface area contributed by atoms with E-state index in [-0.39, 0.29) is 4.75 Å². The summed E-state index contributed by atoms with van der Waals surface area (Å²) in [6.45, 7) is 7.51. The summed E-state index contributed by atoms with van der Waals surface area (Å²) < 4.78 is -0.136. The molecule has 0 saturated heterocycles. The van der Waals surface area contributed by atoms with Crippen molar-refractivity contribution in [3.63, 3.8) is 0 Å². The SMILES string of the molecule is C=C(S)C(C)(C)S. The van der Waals surface area contributed by atoms with Crippen LogP contribution in [0.1, 0.15) is 13.8 Å². The van der Waals surface area contributed by atoms with Crippen LogP contribution in [0.15, 0.2) is 11.5 Å². The van der Waals surface area contributed by atoms with E-state index in [1.807, 2.05) is 13.8 Å². The zero-order chi connectivity index (χ0) is 6.08. The highest BCUT2D eigenvalue weighted by atomic mass is 32.1. The van der Waals surface area contributed by atoms with Crippen LogP contribution in [0.5, 0.6) is 0 Å². The maximum absolute atomic E-state index is 4.17. The van der Waals surface area contributed by atoms with Gasteiger partial charge < -0.3 is 0 Å². The van der Waals surface area contributed by atoms with Gasteiger partial charge in [-0.25, -0.2) is 0 Å². The van der Waals surface area contributed by atoms with E-state index in [0.717, 1.165) is 4.91 Å². The topological polar surface area (TPSA) is 0 Å². The maximum Gasteiger partial charge on any atom is 0.0372 e. The van der Waals surface area contributed by atoms with Crippen molar-refractivity contribution < 1.29 is 0 Å². The fraction of sp³-hybridized carbons (Fsp3) is 0.600. The predicted octanol–water partition coefficient (Wildman–Crippen LogP) is 2.14. The van der Waals surface area contributed by atoms with Gasteiger partial charge >= 0.3 is 0 Å². The maximum atomic E-state index is 4.17. The van der Waals surface area contributed by atoms with Crippen LogP contribution in [0.4, 0.5) is 0 Å². The number of rotatable bonds is 1. The molecule has 0 aliphatic heterocycles. The molecule has 0 amide bonds. The summed E-state index contributed by atoms with van der Waals surface area (Å²) in [6.07, 6.45) is 0. The van der Waals surface area contributed by atoms with Crippen molar-refractivity contribution in [1.82, 2.24) is 0 Å². The molecule has 0 nitrogen and oxygen atoms in total. The Morgan fingerprint density at radius 3 is 1.71 bits per heavy atom. The molecule has 2 heteroatoms. The van der Waals surface area contributed by atoms with Crippen LogP contribution >= 0.6 is 25.3 Å². The fourth-order valence-electron chi connectivity index (χ4n) is 0. The van der Waals surface area contributed by atoms with Gasteiger partial charge in [-0.3, -0.25) is 0 Å². The molecule has 0 heterocycles. The van der Waals surface area contributed by atoms with E-state index in [1.54, 1.807) is 0 Å². The first-order valence-corrected chi connectivity index (χ1v) is 2.95. The van der Waals surface area contributed by atoms with Gasteiger partial charge in [-0.15, -0.1) is 12.6 Å². The third-order valence-corrected chi connectivity index (χ3v) is 1.71. The third-order valence-electron chi connectivity index (χ3n) is 0.706. The Kier molecular flexibility index (Phi) is 2.27. The summed E-state index contributed by atoms with van der Waals surface area (Å²) in [7, 11) is 0. The Hall–Kier alpha value is 0.440. The zero-order valence-corrected chi connectivity index (χ0v) is 6.39. The lowest BCUT2D eigenvalue weighted by Gasteiger charge is -2.14. The van der Waals surface area contributed by atoms with Gasteiger partial charge in [0.2, 0.25) is 0 Å². The Morgan fingerprint density at radius 2 is 1.71 bits per heavy atom. The normalized spacial score (nSPS) is 11.4. The second-order valence-corrected chi connectivity index (χ2v) is 3.66. The van der Waals surface area contributed by atoms with Gasteiger partial charge in [0.05, 0.1) is 0 Å². The van der Waals surface area contributed by atoms with E-state index < -0.39 is 0 Å². The summed E-state index contributed by atoms with van der Waals surface area (Å²) >= 11 is 8.18. The molecule has 0 unspecified atom stereocenters. The monoisotopic (exact) mass is 134 g/mol. The lowest BCUT2D eigenvalue weighted by atomic mass is 10.2. The average Bonchev–Trinajstić information content (AvgIpc) is 1.31. The highest BCUT2D eigenvalue weighted by Gasteiger charge is 2.11. The minimum Gasteiger partial charge on any atom is -0.168 e. The summed E-state index contributed by atoms with van der Waals surface area (Å²) in [6, 6.07) is 0. The van der Waals surface area contributed by atoms with Crippen molar-refractivity contribution in [2.75, 3.05) is 0 Å². The summed E-state index contributed by atoms with van der Waals surface area (Å²) in [5.74, 6) is 0. The fourth-order valence-corrected chi connectivity index (χ4v) is 0. The van der Waals surface area contributed by atoms with Crippen LogP contribution in [-0.2, 0) is 0 Å². The van der Waals surface area contributed by atoms with Gasteiger partial charge in [-0.1, -0.05) is 6.58 Å². The first kappa shape index (κ1) is 7.44. The summed E-state index contributed by atoms with van der Waals surface area (Å²) in [5, 5.41) is 0. The number of hydrogen-bond donors (Lipinski definition) is 2. The van der Waals surface area contributed by atoms with E-state index in [0.29, 0.717) is 0 Å². The molecule has 0 spiro atoms. The van der Waals surface area contributed by atoms with E-state index in [9.17, 15) is 0 Å². The predicted molar refractivity (Wildman–Crippen MR) is 41.2 cm³/mol. The van der Waals surface area contributed by atoms with Crippen LogP contribution in [0.2, 0.25) is 0 Å². The van der Waals surface area contributed by atoms with Gasteiger partial charge in [0, 0.05) is 4.75 Å². The van der Waals surface area contributed by atoms with Crippen LogP contribution in [-0.4, -0.2) is 4.75 Å². The molecule has 0 aromatic rings. The van der Waals surface area contributed by atoms with Gasteiger partial charge in [0.15, 0.2) is 0 Å². The van der Waals surface area contributed by atoms with Crippen LogP contribution in [0.25, 0.3) is 0 Å². The van der Waals surface area contributed by atoms with Crippen molar-refractivity contribution >= 4 is 25.3 Å². The summed E-state index contributed by atoms with van der Waals surface area (Å²) in [5.41, 5.74) is 0. The second kappa shape index (κ2) is 2.14. The van der Waals surface area contributed by atoms with Crippen molar-refractivity contribution in [2.45, 2.75) is 18.6 Å². The minimum absolute atomic E-state index is 0.136. The van der Waals surface area contributed by atoms with Crippen molar-refractivity contribution in [1.29, 1.82) is 0 Å². The van der Waals surface area contributed by atoms with Crippen molar-refractivity contribution in [2.24, 2.45) is 0 Å². The van der Waals surface area contributed by atoms with Gasteiger partial charge in [0.1, 0.15) is 0 Å². The van der Waals surface area contributed by atoms with Crippen molar-refractivity contribution in [3.8, 4) is 0 Å². The second-order valence-electron chi connectivity index (χ2n) is 2.01. The molecular weight excluding hydrogens is 124 g/mol. The minimum atomic E-state index is -0.136. The molecule has 0 saturated carbocycles. The number of hydrogen-bond acceptors (Lipinski definition) is 2. The Balaban J connectivity index is 3.79. The zero-order valence-electron chi connectivity index (χ0n) is 4.60. The molecule has 0 N–H and O–H groups in total. The van der Waals surface area contributed by atoms with Gasteiger partial charge in [-0.05, 0) is 18.8 Å². The molecule has 0 atom stereocenters. The molecule has 0 aromatic carbocycles. The first-order valence-electron chi connectivity index (χ1n) is 2.05. The van der Waals surface area contributed by atoms with E-state index >= 15 is 0 Å². The van der Waals surface area contributed by atoms with Crippen LogP contribution in [0, 0.1) is 0 Å². The largest absolute Gasteiger partial charge is 0.168 e. The lowest BCUT2D eigenvalue weighted by molar-refractivity contribution is 0.898. The highest BCUT2D eigenvalue weighted by molar-refractivity contribution is 7.88. The van der Waals surface area contributed by atoms with Gasteiger partial charge in [0.25, 0.3) is 0 Å². The van der Waals surface area contributed by atoms with Gasteiger partial charge in [-0.2, -0.15) is 12.6 Å². The standard InChI is InChI=1S/C5H10S2/c1-4(6)5(2,3)7/h6-7H,1H2,2-3H3. The molecule has 0 aromatic heterocycles. The molecule has 0 aliphatic rings. The number of thiol groups is 2. The molecule has 42 valence electrons. The first-order chi connectivity index (χ1) is 2.94. The van der Waals surface area contributed by atoms with E-state index in [2.05, 4.69) is 31.8 Å². The molecule has 0 radical (unpaired) electrons. The molecule has 0 rings (SSSR count). The smallest absolute Gasteiger partial charge is 0.0372 e. The van der Waals surface area contributed by atoms with E-state index in [1.165, 1.54) is 0 Å².